The number of hydrogen-bond acceptors (Lipinski definition) is 4. The molecule has 2 heterocycles. The Morgan fingerprint density at radius 1 is 1.21 bits per heavy atom. The van der Waals surface area contributed by atoms with Crippen LogP contribution in [0, 0.1) is 6.92 Å². The minimum atomic E-state index is 0.221. The van der Waals surface area contributed by atoms with E-state index in [1.165, 1.54) is 11.1 Å². The van der Waals surface area contributed by atoms with Gasteiger partial charge in [0.1, 0.15) is 5.76 Å². The number of benzene rings is 1. The fourth-order valence-corrected chi connectivity index (χ4v) is 2.13. The summed E-state index contributed by atoms with van der Waals surface area (Å²) in [5, 5.41) is 3.44. The molecule has 0 aliphatic carbocycles. The summed E-state index contributed by atoms with van der Waals surface area (Å²) in [7, 11) is 0. The summed E-state index contributed by atoms with van der Waals surface area (Å²) in [6, 6.07) is 8.23. The van der Waals surface area contributed by atoms with Gasteiger partial charge in [0.2, 0.25) is 6.79 Å². The lowest BCUT2D eigenvalue weighted by atomic mass is 10.1. The second kappa shape index (κ2) is 4.97. The third kappa shape index (κ3) is 2.44. The molecule has 1 atom stereocenters. The van der Waals surface area contributed by atoms with E-state index < -0.39 is 0 Å². The normalized spacial score (nSPS) is 14.6. The number of aryl methyl sites for hydroxylation is 1. The summed E-state index contributed by atoms with van der Waals surface area (Å²) in [5.74, 6) is 2.62. The van der Waals surface area contributed by atoms with Gasteiger partial charge >= 0.3 is 0 Å². The van der Waals surface area contributed by atoms with E-state index in [-0.39, 0.29) is 6.04 Å². The zero-order chi connectivity index (χ0) is 13.2. The van der Waals surface area contributed by atoms with Crippen LogP contribution in [0.25, 0.3) is 0 Å². The lowest BCUT2D eigenvalue weighted by Crippen LogP contribution is -2.18. The molecule has 0 saturated carbocycles. The monoisotopic (exact) mass is 259 g/mol. The van der Waals surface area contributed by atoms with Crippen LogP contribution in [0.1, 0.15) is 29.9 Å². The van der Waals surface area contributed by atoms with Gasteiger partial charge in [0, 0.05) is 6.04 Å². The Kier molecular flexibility index (Phi) is 3.17. The van der Waals surface area contributed by atoms with E-state index in [1.807, 2.05) is 25.1 Å². The molecule has 1 aromatic carbocycles. The van der Waals surface area contributed by atoms with Gasteiger partial charge in [-0.1, -0.05) is 6.07 Å². The lowest BCUT2D eigenvalue weighted by molar-refractivity contribution is 0.174. The fraction of sp³-hybridized carbons (Fsp3) is 0.333. The summed E-state index contributed by atoms with van der Waals surface area (Å²) in [6.07, 6.45) is 1.72. The van der Waals surface area contributed by atoms with Gasteiger partial charge in [0.15, 0.2) is 11.5 Å². The van der Waals surface area contributed by atoms with E-state index in [0.717, 1.165) is 17.3 Å². The minimum absolute atomic E-state index is 0.221. The van der Waals surface area contributed by atoms with Crippen molar-refractivity contribution in [2.45, 2.75) is 26.4 Å². The lowest BCUT2D eigenvalue weighted by Gasteiger charge is -2.14. The molecule has 4 heteroatoms. The largest absolute Gasteiger partial charge is 0.468 e. The van der Waals surface area contributed by atoms with Gasteiger partial charge in [-0.2, -0.15) is 0 Å². The van der Waals surface area contributed by atoms with Crippen molar-refractivity contribution in [1.82, 2.24) is 5.32 Å². The highest BCUT2D eigenvalue weighted by molar-refractivity contribution is 5.45. The maximum absolute atomic E-state index is 5.42. The second-order valence-electron chi connectivity index (χ2n) is 4.74. The third-order valence-electron chi connectivity index (χ3n) is 3.43. The molecule has 100 valence electrons. The maximum atomic E-state index is 5.42. The number of rotatable bonds is 4. The predicted octanol–water partition coefficient (Wildman–Crippen LogP) is 3.17. The predicted molar refractivity (Wildman–Crippen MR) is 71.3 cm³/mol. The van der Waals surface area contributed by atoms with Gasteiger partial charge in [0.25, 0.3) is 0 Å². The first-order valence-corrected chi connectivity index (χ1v) is 6.40. The molecule has 4 nitrogen and oxygen atoms in total. The highest BCUT2D eigenvalue weighted by Crippen LogP contribution is 2.34. The molecule has 2 aromatic rings. The van der Waals surface area contributed by atoms with Crippen LogP contribution in [0.4, 0.5) is 0 Å². The average molecular weight is 259 g/mol. The highest BCUT2D eigenvalue weighted by Gasteiger charge is 2.15. The SMILES string of the molecule is Cc1ccoc1CNC(C)c1ccc2c(c1)OCO2. The number of nitrogens with one attached hydrogen (secondary N) is 1. The highest BCUT2D eigenvalue weighted by atomic mass is 16.7. The van der Waals surface area contributed by atoms with Crippen LogP contribution in [0.2, 0.25) is 0 Å². The van der Waals surface area contributed by atoms with Crippen LogP contribution < -0.4 is 14.8 Å². The number of ether oxygens (including phenoxy) is 2. The maximum Gasteiger partial charge on any atom is 0.231 e. The summed E-state index contributed by atoms with van der Waals surface area (Å²) in [5.41, 5.74) is 2.35. The van der Waals surface area contributed by atoms with Gasteiger partial charge in [-0.15, -0.1) is 0 Å². The summed E-state index contributed by atoms with van der Waals surface area (Å²) < 4.78 is 16.1. The van der Waals surface area contributed by atoms with Crippen LogP contribution in [0.15, 0.2) is 34.9 Å². The molecule has 1 aromatic heterocycles. The van der Waals surface area contributed by atoms with Gasteiger partial charge < -0.3 is 19.2 Å². The molecule has 19 heavy (non-hydrogen) atoms. The van der Waals surface area contributed by atoms with Gasteiger partial charge in [-0.3, -0.25) is 0 Å². The topological polar surface area (TPSA) is 43.6 Å². The molecule has 0 radical (unpaired) electrons. The van der Waals surface area contributed by atoms with Crippen LogP contribution in [0.3, 0.4) is 0 Å². The van der Waals surface area contributed by atoms with E-state index in [9.17, 15) is 0 Å². The van der Waals surface area contributed by atoms with Crippen molar-refractivity contribution in [1.29, 1.82) is 0 Å². The Balaban J connectivity index is 1.67. The first-order valence-electron chi connectivity index (χ1n) is 6.40. The summed E-state index contributed by atoms with van der Waals surface area (Å²) in [6.45, 7) is 5.20. The van der Waals surface area contributed by atoms with Gasteiger partial charge in [-0.25, -0.2) is 0 Å². The zero-order valence-corrected chi connectivity index (χ0v) is 11.1. The van der Waals surface area contributed by atoms with Crippen molar-refractivity contribution in [3.05, 3.63) is 47.4 Å². The summed E-state index contributed by atoms with van der Waals surface area (Å²) in [4.78, 5) is 0. The molecule has 1 N–H and O–H groups in total. The van der Waals surface area contributed by atoms with Crippen molar-refractivity contribution < 1.29 is 13.9 Å². The molecule has 0 fully saturated rings. The summed E-state index contributed by atoms with van der Waals surface area (Å²) >= 11 is 0. The van der Waals surface area contributed by atoms with Crippen molar-refractivity contribution in [3.8, 4) is 11.5 Å². The van der Waals surface area contributed by atoms with Crippen molar-refractivity contribution in [3.63, 3.8) is 0 Å². The first-order chi connectivity index (χ1) is 9.24. The Bertz CT molecular complexity index is 577. The smallest absolute Gasteiger partial charge is 0.231 e. The van der Waals surface area contributed by atoms with E-state index in [2.05, 4.69) is 18.3 Å². The minimum Gasteiger partial charge on any atom is -0.468 e. The Morgan fingerprint density at radius 3 is 2.84 bits per heavy atom. The molecule has 0 amide bonds. The molecular weight excluding hydrogens is 242 g/mol. The standard InChI is InChI=1S/C15H17NO3/c1-10-5-6-17-15(10)8-16-11(2)12-3-4-13-14(7-12)19-9-18-13/h3-7,11,16H,8-9H2,1-2H3. The third-order valence-corrected chi connectivity index (χ3v) is 3.43. The molecule has 0 saturated heterocycles. The van der Waals surface area contributed by atoms with Crippen LogP contribution >= 0.6 is 0 Å². The average Bonchev–Trinajstić information content (AvgIpc) is 3.03. The van der Waals surface area contributed by atoms with Crippen LogP contribution in [-0.4, -0.2) is 6.79 Å². The number of hydrogen-bond donors (Lipinski definition) is 1. The van der Waals surface area contributed by atoms with E-state index in [1.54, 1.807) is 6.26 Å². The van der Waals surface area contributed by atoms with E-state index in [4.69, 9.17) is 13.9 Å². The van der Waals surface area contributed by atoms with Crippen molar-refractivity contribution in [2.75, 3.05) is 6.79 Å². The zero-order valence-electron chi connectivity index (χ0n) is 11.1. The van der Waals surface area contributed by atoms with Crippen molar-refractivity contribution >= 4 is 0 Å². The second-order valence-corrected chi connectivity index (χ2v) is 4.74. The fourth-order valence-electron chi connectivity index (χ4n) is 2.13. The number of fused-ring (bicyclic) bond motifs is 1. The molecule has 0 bridgehead atoms. The van der Waals surface area contributed by atoms with Crippen molar-refractivity contribution in [2.24, 2.45) is 0 Å². The molecule has 1 aliphatic heterocycles. The molecule has 0 spiro atoms. The van der Waals surface area contributed by atoms with Gasteiger partial charge in [0.05, 0.1) is 12.8 Å². The van der Waals surface area contributed by atoms with Gasteiger partial charge in [-0.05, 0) is 43.2 Å². The Hall–Kier alpha value is -1.94. The molecule has 1 aliphatic rings. The van der Waals surface area contributed by atoms with E-state index in [0.29, 0.717) is 13.3 Å². The number of furan rings is 1. The van der Waals surface area contributed by atoms with Crippen LogP contribution in [-0.2, 0) is 6.54 Å². The van der Waals surface area contributed by atoms with Crippen LogP contribution in [0.5, 0.6) is 11.5 Å². The molecule has 3 rings (SSSR count). The molecular formula is C15H17NO3. The quantitative estimate of drug-likeness (QED) is 0.916. The molecule has 1 unspecified atom stereocenters. The Labute approximate surface area is 112 Å². The first kappa shape index (κ1) is 12.1. The Morgan fingerprint density at radius 2 is 2.05 bits per heavy atom. The van der Waals surface area contributed by atoms with E-state index >= 15 is 0 Å².